The van der Waals surface area contributed by atoms with Crippen molar-refractivity contribution in [1.82, 2.24) is 0 Å². The lowest BCUT2D eigenvalue weighted by molar-refractivity contribution is -0.0291. The van der Waals surface area contributed by atoms with Crippen LogP contribution in [0.1, 0.15) is 19.3 Å². The maximum absolute atomic E-state index is 9.32. The van der Waals surface area contributed by atoms with E-state index in [1.54, 1.807) is 0 Å². The van der Waals surface area contributed by atoms with E-state index in [4.69, 9.17) is 4.74 Å². The predicted molar refractivity (Wildman–Crippen MR) is 39.1 cm³/mol. The Morgan fingerprint density at radius 1 is 1.09 bits per heavy atom. The van der Waals surface area contributed by atoms with Crippen LogP contribution in [0.4, 0.5) is 0 Å². The van der Waals surface area contributed by atoms with Crippen LogP contribution in [0.5, 0.6) is 0 Å². The first kappa shape index (κ1) is 7.53. The van der Waals surface area contributed by atoms with Gasteiger partial charge >= 0.3 is 0 Å². The molecule has 3 heteroatoms. The highest BCUT2D eigenvalue weighted by molar-refractivity contribution is 4.87. The van der Waals surface area contributed by atoms with Gasteiger partial charge in [-0.15, -0.1) is 0 Å². The van der Waals surface area contributed by atoms with Gasteiger partial charge < -0.3 is 14.9 Å². The molecular weight excluding hydrogens is 144 g/mol. The number of hydrogen-bond acceptors (Lipinski definition) is 3. The Morgan fingerprint density at radius 3 is 2.36 bits per heavy atom. The Morgan fingerprint density at radius 2 is 1.82 bits per heavy atom. The molecule has 1 aliphatic carbocycles. The minimum atomic E-state index is -0.516. The van der Waals surface area contributed by atoms with Crippen molar-refractivity contribution in [3.05, 3.63) is 0 Å². The first-order chi connectivity index (χ1) is 5.27. The molecule has 0 aromatic heterocycles. The van der Waals surface area contributed by atoms with Gasteiger partial charge in [-0.2, -0.15) is 0 Å². The highest BCUT2D eigenvalue weighted by Crippen LogP contribution is 2.33. The average molecular weight is 158 g/mol. The first-order valence-electron chi connectivity index (χ1n) is 4.25. The van der Waals surface area contributed by atoms with E-state index >= 15 is 0 Å². The second-order valence-electron chi connectivity index (χ2n) is 3.58. The van der Waals surface area contributed by atoms with Crippen LogP contribution < -0.4 is 0 Å². The fourth-order valence-electron chi connectivity index (χ4n) is 1.83. The van der Waals surface area contributed by atoms with Crippen molar-refractivity contribution in [2.75, 3.05) is 6.61 Å². The lowest BCUT2D eigenvalue weighted by Crippen LogP contribution is -2.35. The zero-order valence-corrected chi connectivity index (χ0v) is 6.44. The summed E-state index contributed by atoms with van der Waals surface area (Å²) in [6, 6.07) is 0. The lowest BCUT2D eigenvalue weighted by atomic mass is 9.83. The molecule has 2 rings (SSSR count). The molecule has 2 aliphatic rings. The van der Waals surface area contributed by atoms with Crippen molar-refractivity contribution in [3.63, 3.8) is 0 Å². The van der Waals surface area contributed by atoms with Crippen molar-refractivity contribution in [3.8, 4) is 0 Å². The second kappa shape index (κ2) is 2.73. The molecular formula is C8H14O3. The molecule has 2 fully saturated rings. The number of epoxide rings is 1. The van der Waals surface area contributed by atoms with E-state index < -0.39 is 12.2 Å². The molecule has 0 aromatic rings. The Labute approximate surface area is 66.0 Å². The monoisotopic (exact) mass is 158 g/mol. The smallest absolute Gasteiger partial charge is 0.0839 e. The Balaban J connectivity index is 1.86. The summed E-state index contributed by atoms with van der Waals surface area (Å²) in [5, 5.41) is 18.5. The lowest BCUT2D eigenvalue weighted by Gasteiger charge is -2.28. The molecule has 64 valence electrons. The van der Waals surface area contributed by atoms with Gasteiger partial charge in [0.2, 0.25) is 0 Å². The van der Waals surface area contributed by atoms with Crippen molar-refractivity contribution < 1.29 is 14.9 Å². The van der Waals surface area contributed by atoms with Crippen molar-refractivity contribution in [2.24, 2.45) is 5.92 Å². The maximum atomic E-state index is 9.32. The van der Waals surface area contributed by atoms with Gasteiger partial charge in [-0.05, 0) is 25.2 Å². The van der Waals surface area contributed by atoms with E-state index in [2.05, 4.69) is 0 Å². The molecule has 11 heavy (non-hydrogen) atoms. The molecule has 0 spiro atoms. The average Bonchev–Trinajstić information content (AvgIpc) is 2.77. The molecule has 0 amide bonds. The Bertz CT molecular complexity index is 144. The number of rotatable bonds is 1. The summed E-state index contributed by atoms with van der Waals surface area (Å²) < 4.78 is 5.14. The van der Waals surface area contributed by atoms with Gasteiger partial charge in [0.05, 0.1) is 24.9 Å². The third-order valence-corrected chi connectivity index (χ3v) is 2.71. The summed E-state index contributed by atoms with van der Waals surface area (Å²) in [6.07, 6.45) is 1.82. The summed E-state index contributed by atoms with van der Waals surface area (Å²) in [7, 11) is 0. The summed E-state index contributed by atoms with van der Waals surface area (Å²) in [5.41, 5.74) is 0. The third kappa shape index (κ3) is 1.55. The standard InChI is InChI=1S/C8H14O3/c9-6-2-1-5(3-7(6)10)8-4-11-8/h5-10H,1-4H2. The van der Waals surface area contributed by atoms with E-state index in [-0.39, 0.29) is 0 Å². The molecule has 0 bridgehead atoms. The molecule has 3 nitrogen and oxygen atoms in total. The molecule has 1 heterocycles. The van der Waals surface area contributed by atoms with Crippen LogP contribution in [0.15, 0.2) is 0 Å². The molecule has 1 saturated carbocycles. The van der Waals surface area contributed by atoms with Gasteiger partial charge in [0.25, 0.3) is 0 Å². The van der Waals surface area contributed by atoms with Crippen LogP contribution in [0.25, 0.3) is 0 Å². The van der Waals surface area contributed by atoms with Gasteiger partial charge in [0.15, 0.2) is 0 Å². The van der Waals surface area contributed by atoms with Crippen LogP contribution >= 0.6 is 0 Å². The van der Waals surface area contributed by atoms with Crippen molar-refractivity contribution >= 4 is 0 Å². The largest absolute Gasteiger partial charge is 0.390 e. The number of aliphatic hydroxyl groups excluding tert-OH is 2. The van der Waals surface area contributed by atoms with Crippen LogP contribution in [0.3, 0.4) is 0 Å². The fourth-order valence-corrected chi connectivity index (χ4v) is 1.83. The molecule has 0 aromatic carbocycles. The van der Waals surface area contributed by atoms with Crippen molar-refractivity contribution in [1.29, 1.82) is 0 Å². The quantitative estimate of drug-likeness (QED) is 0.524. The topological polar surface area (TPSA) is 53.0 Å². The second-order valence-corrected chi connectivity index (χ2v) is 3.58. The SMILES string of the molecule is OC1CCC(C2CO2)CC1O. The minimum absolute atomic E-state index is 0.386. The van der Waals surface area contributed by atoms with Gasteiger partial charge in [-0.1, -0.05) is 0 Å². The van der Waals surface area contributed by atoms with E-state index in [0.717, 1.165) is 19.4 Å². The van der Waals surface area contributed by atoms with Gasteiger partial charge in [-0.3, -0.25) is 0 Å². The highest BCUT2D eigenvalue weighted by Gasteiger charge is 2.38. The summed E-state index contributed by atoms with van der Waals surface area (Å²) >= 11 is 0. The van der Waals surface area contributed by atoms with E-state index in [1.165, 1.54) is 0 Å². The predicted octanol–water partition coefficient (Wildman–Crippen LogP) is -0.0929. The number of hydrogen-bond donors (Lipinski definition) is 2. The molecule has 4 atom stereocenters. The zero-order valence-electron chi connectivity index (χ0n) is 6.44. The Kier molecular flexibility index (Phi) is 1.87. The molecule has 4 unspecified atom stereocenters. The van der Waals surface area contributed by atoms with Crippen LogP contribution in [-0.2, 0) is 4.74 Å². The van der Waals surface area contributed by atoms with Gasteiger partial charge in [0, 0.05) is 0 Å². The number of aliphatic hydroxyl groups is 2. The van der Waals surface area contributed by atoms with Crippen molar-refractivity contribution in [2.45, 2.75) is 37.6 Å². The summed E-state index contributed by atoms with van der Waals surface area (Å²) in [5.74, 6) is 0.494. The Hall–Kier alpha value is -0.120. The van der Waals surface area contributed by atoms with Gasteiger partial charge in [0.1, 0.15) is 0 Å². The van der Waals surface area contributed by atoms with Crippen LogP contribution in [0, 0.1) is 5.92 Å². The van der Waals surface area contributed by atoms with Crippen LogP contribution in [0.2, 0.25) is 0 Å². The zero-order chi connectivity index (χ0) is 7.84. The fraction of sp³-hybridized carbons (Fsp3) is 1.00. The molecule has 1 saturated heterocycles. The normalized spacial score (nSPS) is 50.7. The van der Waals surface area contributed by atoms with E-state index in [0.29, 0.717) is 18.4 Å². The third-order valence-electron chi connectivity index (χ3n) is 2.71. The molecule has 1 aliphatic heterocycles. The highest BCUT2D eigenvalue weighted by atomic mass is 16.6. The molecule has 2 N–H and O–H groups in total. The van der Waals surface area contributed by atoms with Gasteiger partial charge in [-0.25, -0.2) is 0 Å². The summed E-state index contributed by atoms with van der Waals surface area (Å²) in [4.78, 5) is 0. The number of ether oxygens (including phenoxy) is 1. The van der Waals surface area contributed by atoms with E-state index in [1.807, 2.05) is 0 Å². The minimum Gasteiger partial charge on any atom is -0.390 e. The van der Waals surface area contributed by atoms with Crippen LogP contribution in [-0.4, -0.2) is 35.1 Å². The maximum Gasteiger partial charge on any atom is 0.0839 e. The summed E-state index contributed by atoms with van der Waals surface area (Å²) in [6.45, 7) is 0.855. The van der Waals surface area contributed by atoms with E-state index in [9.17, 15) is 10.2 Å². The molecule has 0 radical (unpaired) electrons. The first-order valence-corrected chi connectivity index (χ1v) is 4.25.